The molecule has 92 valence electrons. The molecule has 2 rings (SSSR count). The van der Waals surface area contributed by atoms with Gasteiger partial charge in [0, 0.05) is 16.1 Å². The number of thioether (sulfide) groups is 1. The average Bonchev–Trinajstić information content (AvgIpc) is 2.76. The number of halogens is 1. The van der Waals surface area contributed by atoms with E-state index in [4.69, 9.17) is 0 Å². The number of benzene rings is 1. The first-order chi connectivity index (χ1) is 7.75. The second-order valence-electron chi connectivity index (χ2n) is 3.50. The molecular formula is C11H13ClN2S3. The molecule has 0 N–H and O–H groups in total. The van der Waals surface area contributed by atoms with Crippen molar-refractivity contribution in [3.63, 3.8) is 0 Å². The molecule has 0 fully saturated rings. The Morgan fingerprint density at radius 3 is 2.47 bits per heavy atom. The van der Waals surface area contributed by atoms with Crippen LogP contribution < -0.4 is 21.8 Å². The van der Waals surface area contributed by atoms with E-state index in [0.717, 1.165) is 14.9 Å². The zero-order chi connectivity index (χ0) is 11.4. The molecule has 0 aliphatic rings. The van der Waals surface area contributed by atoms with E-state index < -0.39 is 0 Å². The van der Waals surface area contributed by atoms with Crippen LogP contribution in [0.5, 0.6) is 0 Å². The van der Waals surface area contributed by atoms with Crippen LogP contribution in [0.4, 0.5) is 0 Å². The lowest BCUT2D eigenvalue weighted by Crippen LogP contribution is -3.00. The Bertz CT molecular complexity index is 515. The van der Waals surface area contributed by atoms with Crippen molar-refractivity contribution in [3.05, 3.63) is 40.7 Å². The first kappa shape index (κ1) is 14.7. The molecule has 0 spiro atoms. The van der Waals surface area contributed by atoms with Crippen LogP contribution in [0.2, 0.25) is 0 Å². The van der Waals surface area contributed by atoms with E-state index in [1.165, 1.54) is 5.56 Å². The summed E-state index contributed by atoms with van der Waals surface area (Å²) >= 11 is 1.80. The Labute approximate surface area is 119 Å². The van der Waals surface area contributed by atoms with Crippen LogP contribution in [0, 0.1) is 0 Å². The number of rotatable bonds is 3. The van der Waals surface area contributed by atoms with Gasteiger partial charge in [-0.2, -0.15) is 0 Å². The quantitative estimate of drug-likeness (QED) is 0.433. The summed E-state index contributed by atoms with van der Waals surface area (Å²) in [6.07, 6.45) is 0. The van der Waals surface area contributed by atoms with Gasteiger partial charge in [-0.25, -0.2) is 0 Å². The first-order valence-corrected chi connectivity index (χ1v) is 8.03. The van der Waals surface area contributed by atoms with Crippen molar-refractivity contribution in [1.29, 1.82) is 0 Å². The summed E-state index contributed by atoms with van der Waals surface area (Å²) in [5.41, 5.74) is 1.35. The van der Waals surface area contributed by atoms with Crippen molar-refractivity contribution in [2.75, 3.05) is 14.1 Å². The molecule has 0 saturated carbocycles. The van der Waals surface area contributed by atoms with E-state index in [0.29, 0.717) is 0 Å². The van der Waals surface area contributed by atoms with Crippen LogP contribution in [0.25, 0.3) is 0 Å². The average molecular weight is 305 g/mol. The predicted octanol–water partition coefficient (Wildman–Crippen LogP) is -0.467. The van der Waals surface area contributed by atoms with Gasteiger partial charge >= 0.3 is 4.80 Å². The molecule has 0 bridgehead atoms. The molecular weight excluding hydrogens is 292 g/mol. The van der Waals surface area contributed by atoms with Gasteiger partial charge in [0.15, 0.2) is 0 Å². The van der Waals surface area contributed by atoms with Crippen LogP contribution in [0.3, 0.4) is 0 Å². The van der Waals surface area contributed by atoms with Gasteiger partial charge in [0.1, 0.15) is 0 Å². The largest absolute Gasteiger partial charge is 1.00 e. The Morgan fingerprint density at radius 1 is 1.18 bits per heavy atom. The maximum atomic E-state index is 4.55. The summed E-state index contributed by atoms with van der Waals surface area (Å²) in [7, 11) is 7.53. The van der Waals surface area contributed by atoms with Crippen LogP contribution in [-0.2, 0) is 5.75 Å². The van der Waals surface area contributed by atoms with Gasteiger partial charge in [-0.15, -0.1) is 0 Å². The zero-order valence-electron chi connectivity index (χ0n) is 9.59. The van der Waals surface area contributed by atoms with Gasteiger partial charge in [0.05, 0.1) is 14.1 Å². The molecule has 0 aliphatic carbocycles. The van der Waals surface area contributed by atoms with E-state index in [2.05, 4.69) is 29.2 Å². The highest BCUT2D eigenvalue weighted by molar-refractivity contribution is 8.01. The topological polar surface area (TPSA) is 15.9 Å². The first-order valence-electron chi connectivity index (χ1n) is 4.90. The fourth-order valence-corrected chi connectivity index (χ4v) is 4.65. The van der Waals surface area contributed by atoms with Gasteiger partial charge < -0.3 is 12.4 Å². The van der Waals surface area contributed by atoms with Crippen LogP contribution in [-0.4, -0.2) is 19.1 Å². The predicted molar refractivity (Wildman–Crippen MR) is 73.1 cm³/mol. The Morgan fingerprint density at radius 2 is 1.88 bits per heavy atom. The maximum Gasteiger partial charge on any atom is 0.389 e. The highest BCUT2D eigenvalue weighted by atomic mass is 35.5. The lowest BCUT2D eigenvalue weighted by atomic mass is 10.2. The van der Waals surface area contributed by atoms with Gasteiger partial charge in [-0.1, -0.05) is 42.1 Å². The molecule has 2 nitrogen and oxygen atoms in total. The molecule has 1 aromatic carbocycles. The van der Waals surface area contributed by atoms with Crippen molar-refractivity contribution in [1.82, 2.24) is 9.56 Å². The van der Waals surface area contributed by atoms with Gasteiger partial charge in [0.25, 0.3) is 4.34 Å². The molecule has 0 saturated heterocycles. The fourth-order valence-electron chi connectivity index (χ4n) is 1.14. The van der Waals surface area contributed by atoms with E-state index >= 15 is 0 Å². The second-order valence-corrected chi connectivity index (χ2v) is 6.80. The van der Waals surface area contributed by atoms with E-state index in [1.807, 2.05) is 24.7 Å². The summed E-state index contributed by atoms with van der Waals surface area (Å²) in [6, 6.07) is 10.5. The lowest BCUT2D eigenvalue weighted by molar-refractivity contribution is -0.00000322. The second kappa shape index (κ2) is 7.16. The van der Waals surface area contributed by atoms with Crippen molar-refractivity contribution in [3.8, 4) is 0 Å². The molecule has 1 heterocycles. The number of hydrogen-bond acceptors (Lipinski definition) is 4. The highest BCUT2D eigenvalue weighted by Gasteiger charge is 2.08. The highest BCUT2D eigenvalue weighted by Crippen LogP contribution is 2.24. The minimum atomic E-state index is 0. The van der Waals surface area contributed by atoms with Crippen LogP contribution in [0.15, 0.2) is 34.7 Å². The van der Waals surface area contributed by atoms with Crippen molar-refractivity contribution >= 4 is 32.4 Å². The summed E-state index contributed by atoms with van der Waals surface area (Å²) in [5, 5.41) is 0. The molecule has 0 aliphatic heterocycles. The molecule has 6 heteroatoms. The smallest absolute Gasteiger partial charge is 0.389 e. The normalized spacial score (nSPS) is 9.76. The minimum absolute atomic E-state index is 0. The fraction of sp³-hybridized carbons (Fsp3) is 0.273. The van der Waals surface area contributed by atoms with Crippen molar-refractivity contribution in [2.45, 2.75) is 10.1 Å². The van der Waals surface area contributed by atoms with E-state index in [9.17, 15) is 0 Å². The number of hydrogen-bond donors (Lipinski definition) is 0. The van der Waals surface area contributed by atoms with E-state index in [-0.39, 0.29) is 12.4 Å². The maximum absolute atomic E-state index is 4.55. The van der Waals surface area contributed by atoms with E-state index in [1.54, 1.807) is 32.4 Å². The Hall–Kier alpha value is -0.360. The summed E-state index contributed by atoms with van der Waals surface area (Å²) in [4.78, 5) is 5.63. The van der Waals surface area contributed by atoms with Gasteiger partial charge in [-0.3, -0.25) is 4.58 Å². The van der Waals surface area contributed by atoms with Gasteiger partial charge in [-0.05, 0) is 20.9 Å². The molecule has 0 amide bonds. The number of aromatic nitrogens is 1. The third-order valence-electron chi connectivity index (χ3n) is 1.96. The molecule has 0 unspecified atom stereocenters. The zero-order valence-corrected chi connectivity index (χ0v) is 12.8. The minimum Gasteiger partial charge on any atom is -1.00 e. The summed E-state index contributed by atoms with van der Waals surface area (Å²) in [6.45, 7) is 0. The molecule has 0 radical (unpaired) electrons. The molecule has 17 heavy (non-hydrogen) atoms. The third kappa shape index (κ3) is 4.43. The van der Waals surface area contributed by atoms with Gasteiger partial charge in [0.2, 0.25) is 0 Å². The Balaban J connectivity index is 0.00000144. The molecule has 2 aromatic rings. The van der Waals surface area contributed by atoms with Crippen LogP contribution >= 0.6 is 32.4 Å². The van der Waals surface area contributed by atoms with Crippen molar-refractivity contribution < 1.29 is 12.4 Å². The lowest BCUT2D eigenvalue weighted by Gasteiger charge is -1.94. The standard InChI is InChI=1S/C11H13N2S3.ClH/c1-13(2)10-12-11(16-15-10)14-8-9-6-4-3-5-7-9;/h3-7H,8H2,1-2H3;1H/q+1;/p-1. The number of nitrogens with zero attached hydrogens (tertiary/aromatic N) is 2. The Kier molecular flexibility index (Phi) is 6.19. The van der Waals surface area contributed by atoms with Crippen molar-refractivity contribution in [2.24, 2.45) is 0 Å². The van der Waals surface area contributed by atoms with Crippen LogP contribution in [0.1, 0.15) is 5.56 Å². The SMILES string of the molecule is C[N+](C)=c1nc(SCc2ccccc2)ss1.[Cl-]. The summed E-state index contributed by atoms with van der Waals surface area (Å²) < 4.78 is 3.20. The molecule has 1 aromatic heterocycles. The summed E-state index contributed by atoms with van der Waals surface area (Å²) in [5.74, 6) is 0.994. The third-order valence-corrected chi connectivity index (χ3v) is 5.79. The molecule has 0 atom stereocenters. The monoisotopic (exact) mass is 304 g/mol.